The summed E-state index contributed by atoms with van der Waals surface area (Å²) in [4.78, 5) is 12.7. The first-order valence-corrected chi connectivity index (χ1v) is 9.53. The summed E-state index contributed by atoms with van der Waals surface area (Å²) in [5.41, 5.74) is 2.92. The van der Waals surface area contributed by atoms with Crippen molar-refractivity contribution < 1.29 is 4.79 Å². The number of carbonyl (C=O) groups is 1. The Morgan fingerprint density at radius 3 is 2.85 bits per heavy atom. The van der Waals surface area contributed by atoms with E-state index in [0.717, 1.165) is 15.8 Å². The molecule has 0 saturated carbocycles. The number of rotatable bonds is 6. The van der Waals surface area contributed by atoms with Gasteiger partial charge in [0.25, 0.3) is 5.91 Å². The Morgan fingerprint density at radius 2 is 2.08 bits per heavy atom. The van der Waals surface area contributed by atoms with Crippen molar-refractivity contribution in [2.75, 3.05) is 6.54 Å². The Balaban J connectivity index is 1.52. The van der Waals surface area contributed by atoms with Gasteiger partial charge in [-0.15, -0.1) is 11.3 Å². The maximum Gasteiger partial charge on any atom is 0.268 e. The van der Waals surface area contributed by atoms with E-state index in [1.54, 1.807) is 28.4 Å². The van der Waals surface area contributed by atoms with Crippen LogP contribution in [-0.4, -0.2) is 26.8 Å². The Bertz CT molecular complexity index is 1030. The number of carbonyl (C=O) groups excluding carboxylic acids is 1. The van der Waals surface area contributed by atoms with Crippen LogP contribution in [0.15, 0.2) is 60.2 Å². The highest BCUT2D eigenvalue weighted by molar-refractivity contribution is 7.17. The molecule has 0 saturated heterocycles. The van der Waals surface area contributed by atoms with E-state index in [9.17, 15) is 4.79 Å². The molecule has 0 aliphatic rings. The standard InChI is InChI=1S/C19H17ClN4OS/c20-15-11-22-23(13-15)8-7-21-19(25)17-10-18-16(6-9-26-18)24(17)12-14-4-2-1-3-5-14/h1-6,9-11,13H,7-8,12H2,(H,21,25). The third-order valence-electron chi connectivity index (χ3n) is 4.17. The highest BCUT2D eigenvalue weighted by Crippen LogP contribution is 2.26. The lowest BCUT2D eigenvalue weighted by Crippen LogP contribution is -2.29. The van der Waals surface area contributed by atoms with Crippen molar-refractivity contribution >= 4 is 39.1 Å². The minimum absolute atomic E-state index is 0.0809. The van der Waals surface area contributed by atoms with Gasteiger partial charge in [0.05, 0.1) is 28.0 Å². The maximum absolute atomic E-state index is 12.7. The van der Waals surface area contributed by atoms with Crippen LogP contribution in [0.1, 0.15) is 16.1 Å². The van der Waals surface area contributed by atoms with Crippen molar-refractivity contribution in [2.45, 2.75) is 13.1 Å². The first-order chi connectivity index (χ1) is 12.7. The summed E-state index contributed by atoms with van der Waals surface area (Å²) >= 11 is 7.50. The van der Waals surface area contributed by atoms with Gasteiger partial charge in [0.2, 0.25) is 0 Å². The molecule has 5 nitrogen and oxygen atoms in total. The molecule has 0 atom stereocenters. The molecule has 1 N–H and O–H groups in total. The van der Waals surface area contributed by atoms with Gasteiger partial charge in [-0.05, 0) is 23.1 Å². The van der Waals surface area contributed by atoms with Crippen LogP contribution in [0.25, 0.3) is 10.2 Å². The number of nitrogens with one attached hydrogen (secondary N) is 1. The number of hydrogen-bond acceptors (Lipinski definition) is 3. The van der Waals surface area contributed by atoms with Gasteiger partial charge < -0.3 is 9.88 Å². The molecule has 7 heteroatoms. The molecule has 26 heavy (non-hydrogen) atoms. The fourth-order valence-electron chi connectivity index (χ4n) is 2.94. The van der Waals surface area contributed by atoms with E-state index in [1.807, 2.05) is 24.3 Å². The van der Waals surface area contributed by atoms with Crippen LogP contribution in [0.5, 0.6) is 0 Å². The zero-order valence-electron chi connectivity index (χ0n) is 13.9. The number of thiophene rings is 1. The molecule has 132 valence electrons. The molecule has 4 rings (SSSR count). The summed E-state index contributed by atoms with van der Waals surface area (Å²) in [7, 11) is 0. The molecule has 0 spiro atoms. The second-order valence-corrected chi connectivity index (χ2v) is 7.33. The minimum Gasteiger partial charge on any atom is -0.349 e. The molecule has 1 amide bonds. The Labute approximate surface area is 159 Å². The quantitative estimate of drug-likeness (QED) is 0.545. The second kappa shape index (κ2) is 7.35. The monoisotopic (exact) mass is 384 g/mol. The first-order valence-electron chi connectivity index (χ1n) is 8.27. The molecule has 3 heterocycles. The van der Waals surface area contributed by atoms with Crippen molar-refractivity contribution in [3.63, 3.8) is 0 Å². The molecule has 3 aromatic heterocycles. The van der Waals surface area contributed by atoms with Gasteiger partial charge in [0, 0.05) is 19.3 Å². The van der Waals surface area contributed by atoms with Gasteiger partial charge in [-0.1, -0.05) is 41.9 Å². The van der Waals surface area contributed by atoms with E-state index < -0.39 is 0 Å². The second-order valence-electron chi connectivity index (χ2n) is 5.95. The lowest BCUT2D eigenvalue weighted by molar-refractivity contribution is 0.0943. The summed E-state index contributed by atoms with van der Waals surface area (Å²) in [6.45, 7) is 1.73. The van der Waals surface area contributed by atoms with Gasteiger partial charge in [0.1, 0.15) is 5.69 Å². The third kappa shape index (κ3) is 3.52. The summed E-state index contributed by atoms with van der Waals surface area (Å²) < 4.78 is 4.90. The lowest BCUT2D eigenvalue weighted by Gasteiger charge is -2.11. The normalized spacial score (nSPS) is 11.1. The van der Waals surface area contributed by atoms with E-state index in [-0.39, 0.29) is 5.91 Å². The van der Waals surface area contributed by atoms with Crippen LogP contribution in [-0.2, 0) is 13.1 Å². The molecule has 0 aliphatic heterocycles. The largest absolute Gasteiger partial charge is 0.349 e. The van der Waals surface area contributed by atoms with Crippen LogP contribution in [0, 0.1) is 0 Å². The molecule has 0 unspecified atom stereocenters. The Kier molecular flexibility index (Phi) is 4.77. The van der Waals surface area contributed by atoms with E-state index in [0.29, 0.717) is 30.4 Å². The fourth-order valence-corrected chi connectivity index (χ4v) is 3.92. The average molecular weight is 385 g/mol. The molecule has 0 bridgehead atoms. The van der Waals surface area contributed by atoms with E-state index >= 15 is 0 Å². The molecule has 0 aliphatic carbocycles. The fraction of sp³-hybridized carbons (Fsp3) is 0.158. The van der Waals surface area contributed by atoms with Gasteiger partial charge in [-0.2, -0.15) is 5.10 Å². The van der Waals surface area contributed by atoms with Gasteiger partial charge in [0.15, 0.2) is 0 Å². The number of benzene rings is 1. The number of fused-ring (bicyclic) bond motifs is 1. The summed E-state index contributed by atoms with van der Waals surface area (Å²) in [5.74, 6) is -0.0809. The first kappa shape index (κ1) is 16.9. The van der Waals surface area contributed by atoms with Crippen molar-refractivity contribution in [2.24, 2.45) is 0 Å². The Morgan fingerprint density at radius 1 is 1.23 bits per heavy atom. The summed E-state index contributed by atoms with van der Waals surface area (Å²) in [6.07, 6.45) is 3.32. The minimum atomic E-state index is -0.0809. The van der Waals surface area contributed by atoms with Crippen LogP contribution in [0.3, 0.4) is 0 Å². The zero-order valence-corrected chi connectivity index (χ0v) is 15.5. The SMILES string of the molecule is O=C(NCCn1cc(Cl)cn1)c1cc2sccc2n1Cc1ccccc1. The predicted molar refractivity (Wildman–Crippen MR) is 105 cm³/mol. The molecule has 4 aromatic rings. The molecule has 1 aromatic carbocycles. The van der Waals surface area contributed by atoms with Crippen molar-refractivity contribution in [1.82, 2.24) is 19.7 Å². The van der Waals surface area contributed by atoms with Gasteiger partial charge in [-0.3, -0.25) is 9.48 Å². The zero-order chi connectivity index (χ0) is 17.9. The predicted octanol–water partition coefficient (Wildman–Crippen LogP) is 4.03. The van der Waals surface area contributed by atoms with Crippen LogP contribution < -0.4 is 5.32 Å². The molecular weight excluding hydrogens is 368 g/mol. The van der Waals surface area contributed by atoms with Crippen molar-refractivity contribution in [3.05, 3.63) is 76.5 Å². The number of aromatic nitrogens is 3. The van der Waals surface area contributed by atoms with Crippen LogP contribution >= 0.6 is 22.9 Å². The van der Waals surface area contributed by atoms with E-state index in [4.69, 9.17) is 11.6 Å². The van der Waals surface area contributed by atoms with Gasteiger partial charge >= 0.3 is 0 Å². The highest BCUT2D eigenvalue weighted by Gasteiger charge is 2.16. The van der Waals surface area contributed by atoms with E-state index in [2.05, 4.69) is 38.6 Å². The number of halogens is 1. The average Bonchev–Trinajstić information content (AvgIpc) is 3.34. The van der Waals surface area contributed by atoms with Crippen LogP contribution in [0.4, 0.5) is 0 Å². The van der Waals surface area contributed by atoms with Crippen LogP contribution in [0.2, 0.25) is 5.02 Å². The van der Waals surface area contributed by atoms with Crippen molar-refractivity contribution in [3.8, 4) is 0 Å². The Hall–Kier alpha value is -2.57. The highest BCUT2D eigenvalue weighted by atomic mass is 35.5. The summed E-state index contributed by atoms with van der Waals surface area (Å²) in [6, 6.07) is 14.2. The van der Waals surface area contributed by atoms with E-state index in [1.165, 1.54) is 0 Å². The summed E-state index contributed by atoms with van der Waals surface area (Å²) in [5, 5.41) is 9.73. The topological polar surface area (TPSA) is 51.9 Å². The molecular formula is C19H17ClN4OS. The van der Waals surface area contributed by atoms with Gasteiger partial charge in [-0.25, -0.2) is 0 Å². The number of hydrogen-bond donors (Lipinski definition) is 1. The molecule has 0 radical (unpaired) electrons. The number of amides is 1. The third-order valence-corrected chi connectivity index (χ3v) is 5.22. The lowest BCUT2D eigenvalue weighted by atomic mass is 10.2. The molecule has 0 fully saturated rings. The van der Waals surface area contributed by atoms with Crippen molar-refractivity contribution in [1.29, 1.82) is 0 Å². The maximum atomic E-state index is 12.7. The number of nitrogens with zero attached hydrogens (tertiary/aromatic N) is 3. The smallest absolute Gasteiger partial charge is 0.268 e.